The zero-order valence-electron chi connectivity index (χ0n) is 56.0. The monoisotopic (exact) mass is 1340 g/mol. The Morgan fingerprint density at radius 2 is 1.27 bits per heavy atom. The van der Waals surface area contributed by atoms with E-state index in [1.165, 1.54) is 61.1 Å². The van der Waals surface area contributed by atoms with Crippen LogP contribution in [0.3, 0.4) is 0 Å². The van der Waals surface area contributed by atoms with Gasteiger partial charge in [0.1, 0.15) is 7.05 Å². The van der Waals surface area contributed by atoms with Crippen LogP contribution >= 0.6 is 34.5 Å². The van der Waals surface area contributed by atoms with Gasteiger partial charge in [-0.25, -0.2) is 0 Å². The van der Waals surface area contributed by atoms with Crippen molar-refractivity contribution in [1.29, 1.82) is 0 Å². The number of rotatable bonds is 36. The molecule has 0 unspecified atom stereocenters. The first-order chi connectivity index (χ1) is 45.3. The number of unbranched alkanes of at least 4 members (excludes halogenated alkanes) is 3. The number of nitrogens with one attached hydrogen (secondary N) is 3. The van der Waals surface area contributed by atoms with Crippen molar-refractivity contribution < 1.29 is 42.8 Å². The second-order valence-electron chi connectivity index (χ2n) is 25.3. The molecule has 3 aliphatic rings. The zero-order valence-corrected chi connectivity index (χ0v) is 58.3. The molecule has 3 aliphatic heterocycles. The molecule has 0 spiro atoms. The summed E-state index contributed by atoms with van der Waals surface area (Å²) in [5.74, 6) is -0.902. The maximum absolute atomic E-state index is 13.0. The minimum absolute atomic E-state index is 0.0109. The number of nitrogens with zero attached hydrogens (tertiary/aromatic N) is 6. The minimum atomic E-state index is -0.306. The lowest BCUT2D eigenvalue weighted by atomic mass is 9.81. The van der Waals surface area contributed by atoms with Gasteiger partial charge in [-0.3, -0.25) is 28.9 Å². The molecule has 0 bridgehead atoms. The lowest BCUT2D eigenvalue weighted by Gasteiger charge is -2.36. The van der Waals surface area contributed by atoms with Crippen LogP contribution in [0.1, 0.15) is 105 Å². The van der Waals surface area contributed by atoms with E-state index in [1.54, 1.807) is 26.2 Å². The Bertz CT molecular complexity index is 3550. The van der Waals surface area contributed by atoms with Crippen LogP contribution < -0.4 is 25.8 Å². The smallest absolute Gasteiger partial charge is 0.261 e. The van der Waals surface area contributed by atoms with E-state index in [1.807, 2.05) is 36.4 Å². The Morgan fingerprint density at radius 3 is 1.98 bits per heavy atom. The number of benzene rings is 4. The molecule has 0 radical (unpaired) electrons. The second kappa shape index (κ2) is 36.1. The zero-order chi connectivity index (χ0) is 67.0. The van der Waals surface area contributed by atoms with Gasteiger partial charge in [-0.2, -0.15) is 4.58 Å². The predicted molar refractivity (Wildman–Crippen MR) is 382 cm³/mol. The number of halogens is 2. The minimum Gasteiger partial charge on any atom is -0.379 e. The predicted octanol–water partition coefficient (Wildman–Crippen LogP) is 11.6. The van der Waals surface area contributed by atoms with Gasteiger partial charge >= 0.3 is 0 Å². The number of amides is 5. The van der Waals surface area contributed by atoms with E-state index >= 15 is 0 Å². The summed E-state index contributed by atoms with van der Waals surface area (Å²) in [6, 6.07) is 30.7. The first-order valence-electron chi connectivity index (χ1n) is 33.1. The maximum atomic E-state index is 13.0. The SMILES string of the molecule is CN(CC(=O)NCCCOCCOCCOCCCNC(=O)CN(C)C(=O)CCCCCN1/C(=C/C=C/C=C/C2=[N+](C)c3ccccc3C2(C)C)C(C)(C)c2ccccc21)C(=O)/C=C/c1ccc2sc(C(=O)NCCCCN3CCN(c4cccc(Cl)c4Cl)CC3)cc2c1. The third kappa shape index (κ3) is 20.4. The highest BCUT2D eigenvalue weighted by Crippen LogP contribution is 2.48. The molecule has 0 aliphatic carbocycles. The molecular formula is C74H96Cl2N9O8S+. The van der Waals surface area contributed by atoms with Gasteiger partial charge in [0.05, 0.1) is 65.5 Å². The van der Waals surface area contributed by atoms with Crippen molar-refractivity contribution in [2.45, 2.75) is 89.9 Å². The van der Waals surface area contributed by atoms with Gasteiger partial charge in [0.2, 0.25) is 29.3 Å². The van der Waals surface area contributed by atoms with Crippen molar-refractivity contribution in [3.05, 3.63) is 165 Å². The van der Waals surface area contributed by atoms with E-state index in [-0.39, 0.29) is 53.5 Å². The third-order valence-electron chi connectivity index (χ3n) is 17.6. The Kier molecular flexibility index (Phi) is 27.9. The average Bonchev–Trinajstić information content (AvgIpc) is 1.61. The van der Waals surface area contributed by atoms with Crippen LogP contribution in [0.2, 0.25) is 10.0 Å². The first kappa shape index (κ1) is 72.7. The van der Waals surface area contributed by atoms with Crippen LogP contribution in [0.5, 0.6) is 0 Å². The summed E-state index contributed by atoms with van der Waals surface area (Å²) < 4.78 is 20.2. The summed E-state index contributed by atoms with van der Waals surface area (Å²) >= 11 is 14.1. The van der Waals surface area contributed by atoms with Crippen molar-refractivity contribution in [2.75, 3.05) is 143 Å². The number of allylic oxidation sites excluding steroid dienone is 6. The standard InChI is InChI=1S/C74H95Cl2N9O8S/c1-73(2)57-23-13-15-26-60(57)82(7)65(73)29-10-8-11-30-66-74(3,4)58-24-14-16-27-61(58)85(66)40-18-9-12-31-69(88)80(5)53-67(86)77-37-21-45-91-47-49-93-50-48-92-46-22-38-78-68(87)54-81(6)70(89)35-33-55-32-34-63-56(51-55)52-64(94-63)72(90)79-36-17-19-39-83-41-43-84(44-42-83)62-28-20-25-59(75)71(62)76/h8,10-11,13-16,20,23-30,32-35,51-52H,9,12,17-19,21-22,31,36-50,53-54H2,1-7H3,(H2-,77,78,79,86,87,90)/p+1/b35-33+. The van der Waals surface area contributed by atoms with E-state index in [2.05, 4.69) is 149 Å². The van der Waals surface area contributed by atoms with Gasteiger partial charge in [0, 0.05) is 131 Å². The first-order valence-corrected chi connectivity index (χ1v) is 34.7. The van der Waals surface area contributed by atoms with Gasteiger partial charge in [0.25, 0.3) is 5.91 Å². The Labute approximate surface area is 570 Å². The summed E-state index contributed by atoms with van der Waals surface area (Å²) in [5.41, 5.74) is 9.23. The molecule has 17 nitrogen and oxygen atoms in total. The van der Waals surface area contributed by atoms with Crippen molar-refractivity contribution in [3.63, 3.8) is 0 Å². The fourth-order valence-electron chi connectivity index (χ4n) is 12.3. The quantitative estimate of drug-likeness (QED) is 0.0151. The molecule has 1 aromatic heterocycles. The third-order valence-corrected chi connectivity index (χ3v) is 19.6. The molecule has 4 heterocycles. The molecule has 8 rings (SSSR count). The van der Waals surface area contributed by atoms with Gasteiger partial charge in [0.15, 0.2) is 5.71 Å². The van der Waals surface area contributed by atoms with Crippen molar-refractivity contribution in [1.82, 2.24) is 30.7 Å². The second-order valence-corrected chi connectivity index (χ2v) is 27.1. The van der Waals surface area contributed by atoms with E-state index in [4.69, 9.17) is 37.4 Å². The molecule has 20 heteroatoms. The van der Waals surface area contributed by atoms with Gasteiger partial charge in [-0.15, -0.1) is 11.3 Å². The highest BCUT2D eigenvalue weighted by atomic mass is 35.5. The number of likely N-dealkylation sites (N-methyl/N-ethyl adjacent to an activating group) is 2. The largest absolute Gasteiger partial charge is 0.379 e. The highest BCUT2D eigenvalue weighted by molar-refractivity contribution is 7.20. The molecule has 504 valence electrons. The van der Waals surface area contributed by atoms with E-state index in [9.17, 15) is 24.0 Å². The fourth-order valence-corrected chi connectivity index (χ4v) is 13.7. The summed E-state index contributed by atoms with van der Waals surface area (Å²) in [5, 5.41) is 10.9. The Hall–Kier alpha value is -7.16. The van der Waals surface area contributed by atoms with E-state index in [0.29, 0.717) is 93.5 Å². The van der Waals surface area contributed by atoms with Crippen LogP contribution in [0, 0.1) is 0 Å². The molecule has 0 atom stereocenters. The summed E-state index contributed by atoms with van der Waals surface area (Å²) in [4.78, 5) is 74.8. The molecule has 3 N–H and O–H groups in total. The summed E-state index contributed by atoms with van der Waals surface area (Å²) in [6.45, 7) is 18.5. The number of ether oxygens (including phenoxy) is 3. The Morgan fingerprint density at radius 1 is 0.628 bits per heavy atom. The normalized spacial score (nSPS) is 15.6. The molecule has 4 aromatic carbocycles. The number of anilines is 2. The number of piperazine rings is 1. The van der Waals surface area contributed by atoms with Crippen LogP contribution in [0.15, 0.2) is 133 Å². The maximum Gasteiger partial charge on any atom is 0.261 e. The van der Waals surface area contributed by atoms with Gasteiger partial charge in [-0.05, 0) is 124 Å². The van der Waals surface area contributed by atoms with Gasteiger partial charge in [-0.1, -0.05) is 110 Å². The fraction of sp³-hybridized carbons (Fsp3) is 0.459. The number of thiophene rings is 1. The summed E-state index contributed by atoms with van der Waals surface area (Å²) in [6.07, 6.45) is 20.1. The molecule has 0 saturated carbocycles. The average molecular weight is 1340 g/mol. The number of para-hydroxylation sites is 2. The summed E-state index contributed by atoms with van der Waals surface area (Å²) in [7, 11) is 5.40. The van der Waals surface area contributed by atoms with E-state index in [0.717, 1.165) is 92.7 Å². The van der Waals surface area contributed by atoms with Gasteiger partial charge < -0.3 is 49.8 Å². The number of carbonyl (C=O) groups is 5. The number of fused-ring (bicyclic) bond motifs is 3. The van der Waals surface area contributed by atoms with Crippen LogP contribution in [0.4, 0.5) is 17.1 Å². The van der Waals surface area contributed by atoms with E-state index < -0.39 is 0 Å². The lowest BCUT2D eigenvalue weighted by Crippen LogP contribution is -2.46. The van der Waals surface area contributed by atoms with Crippen LogP contribution in [-0.4, -0.2) is 187 Å². The number of hydrogen-bond acceptors (Lipinski definition) is 12. The van der Waals surface area contributed by atoms with Crippen molar-refractivity contribution in [2.24, 2.45) is 0 Å². The topological polar surface area (TPSA) is 168 Å². The Balaban J connectivity index is 0.591. The number of hydrogen-bond donors (Lipinski definition) is 3. The van der Waals surface area contributed by atoms with Crippen molar-refractivity contribution >= 4 is 103 Å². The lowest BCUT2D eigenvalue weighted by molar-refractivity contribution is -0.401. The van der Waals surface area contributed by atoms with Crippen molar-refractivity contribution in [3.8, 4) is 0 Å². The highest BCUT2D eigenvalue weighted by Gasteiger charge is 2.43. The molecular weight excluding hydrogens is 1250 g/mol. The molecule has 1 saturated heterocycles. The molecule has 1 fully saturated rings. The molecule has 5 aromatic rings. The van der Waals surface area contributed by atoms with Crippen LogP contribution in [-0.2, 0) is 44.2 Å². The van der Waals surface area contributed by atoms with Crippen LogP contribution in [0.25, 0.3) is 16.2 Å². The molecule has 94 heavy (non-hydrogen) atoms. The number of carbonyl (C=O) groups excluding carboxylic acids is 5. The molecule has 5 amide bonds.